The summed E-state index contributed by atoms with van der Waals surface area (Å²) in [5.74, 6) is 0.0156. The van der Waals surface area contributed by atoms with E-state index in [9.17, 15) is 9.18 Å². The Kier molecular flexibility index (Phi) is 6.06. The quantitative estimate of drug-likeness (QED) is 0.623. The van der Waals surface area contributed by atoms with Crippen molar-refractivity contribution in [3.63, 3.8) is 0 Å². The van der Waals surface area contributed by atoms with Crippen molar-refractivity contribution < 1.29 is 9.18 Å². The molecular formula is C18H22BrFN4OS. The largest absolute Gasteiger partial charge is 0.301 e. The number of halogens is 2. The van der Waals surface area contributed by atoms with Gasteiger partial charge in [-0.05, 0) is 24.5 Å². The highest BCUT2D eigenvalue weighted by molar-refractivity contribution is 9.09. The van der Waals surface area contributed by atoms with E-state index in [1.807, 2.05) is 13.0 Å². The number of amides is 1. The Morgan fingerprint density at radius 2 is 2.12 bits per heavy atom. The number of hydrazine groups is 1. The number of nitrogens with one attached hydrogen (secondary N) is 3. The van der Waals surface area contributed by atoms with Gasteiger partial charge in [0.25, 0.3) is 0 Å². The average Bonchev–Trinajstić information content (AvgIpc) is 3.12. The number of nitrogens with zero attached hydrogens (tertiary/aromatic N) is 1. The summed E-state index contributed by atoms with van der Waals surface area (Å²) in [6, 6.07) is 6.49. The average molecular weight is 441 g/mol. The molecule has 1 saturated heterocycles. The highest BCUT2D eigenvalue weighted by Gasteiger charge is 2.40. The van der Waals surface area contributed by atoms with Crippen LogP contribution >= 0.6 is 27.3 Å². The number of carbonyl (C=O) groups excluding carboxylic acids is 1. The van der Waals surface area contributed by atoms with Crippen LogP contribution in [0.4, 0.5) is 9.52 Å². The number of aryl methyl sites for hydroxylation is 1. The van der Waals surface area contributed by atoms with E-state index in [1.54, 1.807) is 12.1 Å². The Hall–Kier alpha value is -1.35. The molecular weight excluding hydrogens is 419 g/mol. The number of hydrogen-bond donors (Lipinski definition) is 3. The lowest BCUT2D eigenvalue weighted by atomic mass is 9.99. The summed E-state index contributed by atoms with van der Waals surface area (Å²) >= 11 is 5.00. The molecule has 0 aliphatic carbocycles. The first kappa shape index (κ1) is 19.4. The summed E-state index contributed by atoms with van der Waals surface area (Å²) < 4.78 is 13.9. The van der Waals surface area contributed by atoms with E-state index in [-0.39, 0.29) is 28.6 Å². The third kappa shape index (κ3) is 4.14. The van der Waals surface area contributed by atoms with Crippen molar-refractivity contribution in [3.8, 4) is 0 Å². The van der Waals surface area contributed by atoms with Gasteiger partial charge in [0.15, 0.2) is 5.13 Å². The van der Waals surface area contributed by atoms with Gasteiger partial charge in [-0.15, -0.1) is 11.3 Å². The number of hydrogen-bond acceptors (Lipinski definition) is 5. The molecule has 3 atom stereocenters. The third-order valence-electron chi connectivity index (χ3n) is 4.50. The van der Waals surface area contributed by atoms with E-state index in [0.29, 0.717) is 23.0 Å². The molecule has 8 heteroatoms. The number of aromatic nitrogens is 1. The lowest BCUT2D eigenvalue weighted by Crippen LogP contribution is -2.42. The fourth-order valence-electron chi connectivity index (χ4n) is 2.94. The maximum absolute atomic E-state index is 13.9. The Labute approximate surface area is 164 Å². The molecule has 26 heavy (non-hydrogen) atoms. The van der Waals surface area contributed by atoms with Crippen LogP contribution in [0.15, 0.2) is 24.3 Å². The van der Waals surface area contributed by atoms with Crippen LogP contribution < -0.4 is 16.2 Å². The third-order valence-corrected chi connectivity index (χ3v) is 6.67. The van der Waals surface area contributed by atoms with Gasteiger partial charge in [0, 0.05) is 17.3 Å². The zero-order valence-electron chi connectivity index (χ0n) is 14.8. The summed E-state index contributed by atoms with van der Waals surface area (Å²) in [5, 5.41) is 3.41. The molecule has 3 rings (SSSR count). The zero-order chi connectivity index (χ0) is 18.8. The molecule has 0 bridgehead atoms. The number of benzene rings is 1. The second-order valence-electron chi connectivity index (χ2n) is 6.77. The first-order valence-electron chi connectivity index (χ1n) is 8.52. The van der Waals surface area contributed by atoms with Crippen molar-refractivity contribution >= 4 is 38.3 Å². The maximum atomic E-state index is 13.9. The molecule has 3 unspecified atom stereocenters. The smallest absolute Gasteiger partial charge is 0.245 e. The van der Waals surface area contributed by atoms with Gasteiger partial charge in [0.05, 0.1) is 10.5 Å². The van der Waals surface area contributed by atoms with Gasteiger partial charge in [-0.3, -0.25) is 10.2 Å². The SMILES string of the molecule is Cc1nc(NC(=O)C2NNC(C(C)C)C2Br)sc1Cc1ccccc1F. The van der Waals surface area contributed by atoms with Gasteiger partial charge in [-0.2, -0.15) is 0 Å². The number of anilines is 1. The van der Waals surface area contributed by atoms with Crippen LogP contribution in [-0.4, -0.2) is 27.8 Å². The van der Waals surface area contributed by atoms with Crippen molar-refractivity contribution in [1.82, 2.24) is 15.8 Å². The predicted octanol–water partition coefficient (Wildman–Crippen LogP) is 3.38. The Balaban J connectivity index is 1.68. The normalized spacial score (nSPS) is 22.8. The maximum Gasteiger partial charge on any atom is 0.245 e. The van der Waals surface area contributed by atoms with Gasteiger partial charge < -0.3 is 5.32 Å². The molecule has 2 aromatic rings. The highest BCUT2D eigenvalue weighted by atomic mass is 79.9. The molecule has 2 heterocycles. The van der Waals surface area contributed by atoms with Crippen molar-refractivity contribution in [2.75, 3.05) is 5.32 Å². The number of rotatable bonds is 5. The van der Waals surface area contributed by atoms with Crippen LogP contribution in [0.5, 0.6) is 0 Å². The number of thiazole rings is 1. The zero-order valence-corrected chi connectivity index (χ0v) is 17.2. The summed E-state index contributed by atoms with van der Waals surface area (Å²) in [4.78, 5) is 17.9. The van der Waals surface area contributed by atoms with E-state index in [2.05, 4.69) is 50.9 Å². The lowest BCUT2D eigenvalue weighted by molar-refractivity contribution is -0.117. The molecule has 1 fully saturated rings. The minimum Gasteiger partial charge on any atom is -0.301 e. The fourth-order valence-corrected chi connectivity index (χ4v) is 5.04. The molecule has 1 amide bonds. The van der Waals surface area contributed by atoms with Crippen LogP contribution in [0.3, 0.4) is 0 Å². The molecule has 5 nitrogen and oxygen atoms in total. The van der Waals surface area contributed by atoms with Crippen molar-refractivity contribution in [3.05, 3.63) is 46.2 Å². The van der Waals surface area contributed by atoms with Crippen LogP contribution in [0.25, 0.3) is 0 Å². The first-order valence-corrected chi connectivity index (χ1v) is 10.3. The van der Waals surface area contributed by atoms with E-state index in [1.165, 1.54) is 17.4 Å². The fraction of sp³-hybridized carbons (Fsp3) is 0.444. The van der Waals surface area contributed by atoms with E-state index < -0.39 is 0 Å². The predicted molar refractivity (Wildman–Crippen MR) is 106 cm³/mol. The number of carbonyl (C=O) groups is 1. The van der Waals surface area contributed by atoms with Crippen LogP contribution in [0, 0.1) is 18.7 Å². The highest BCUT2D eigenvalue weighted by Crippen LogP contribution is 2.27. The molecule has 3 N–H and O–H groups in total. The lowest BCUT2D eigenvalue weighted by Gasteiger charge is -2.19. The van der Waals surface area contributed by atoms with E-state index >= 15 is 0 Å². The minimum absolute atomic E-state index is 0.0126. The standard InChI is InChI=1S/C18H22BrFN4OS/c1-9(2)15-14(19)16(24-23-15)17(25)22-18-21-10(3)13(26-18)8-11-6-4-5-7-12(11)20/h4-7,9,14-16,23-24H,8H2,1-3H3,(H,21,22,25). The first-order chi connectivity index (χ1) is 12.4. The van der Waals surface area contributed by atoms with Gasteiger partial charge in [-0.1, -0.05) is 48.0 Å². The topological polar surface area (TPSA) is 66.0 Å². The van der Waals surface area contributed by atoms with E-state index in [0.717, 1.165) is 10.6 Å². The second kappa shape index (κ2) is 8.12. The van der Waals surface area contributed by atoms with Crippen molar-refractivity contribution in [2.45, 2.75) is 44.1 Å². The summed E-state index contributed by atoms with van der Waals surface area (Å²) in [6.45, 7) is 6.08. The molecule has 0 saturated carbocycles. The molecule has 1 aliphatic rings. The molecule has 1 aromatic heterocycles. The monoisotopic (exact) mass is 440 g/mol. The van der Waals surface area contributed by atoms with Gasteiger partial charge in [-0.25, -0.2) is 14.8 Å². The molecule has 0 spiro atoms. The van der Waals surface area contributed by atoms with Crippen LogP contribution in [-0.2, 0) is 11.2 Å². The number of alkyl halides is 1. The minimum atomic E-state index is -0.387. The van der Waals surface area contributed by atoms with Gasteiger partial charge in [0.2, 0.25) is 5.91 Å². The van der Waals surface area contributed by atoms with Crippen LogP contribution in [0.1, 0.15) is 30.0 Å². The summed E-state index contributed by atoms with van der Waals surface area (Å²) in [6.07, 6.45) is 0.464. The molecule has 1 aliphatic heterocycles. The van der Waals surface area contributed by atoms with Gasteiger partial charge in [0.1, 0.15) is 11.9 Å². The molecule has 1 aromatic carbocycles. The van der Waals surface area contributed by atoms with Crippen molar-refractivity contribution in [2.24, 2.45) is 5.92 Å². The molecule has 140 valence electrons. The van der Waals surface area contributed by atoms with Crippen LogP contribution in [0.2, 0.25) is 0 Å². The van der Waals surface area contributed by atoms with Gasteiger partial charge >= 0.3 is 0 Å². The van der Waals surface area contributed by atoms with E-state index in [4.69, 9.17) is 0 Å². The second-order valence-corrected chi connectivity index (χ2v) is 8.91. The summed E-state index contributed by atoms with van der Waals surface area (Å²) in [7, 11) is 0. The Morgan fingerprint density at radius 3 is 2.77 bits per heavy atom. The molecule has 0 radical (unpaired) electrons. The Morgan fingerprint density at radius 1 is 1.38 bits per heavy atom. The Bertz CT molecular complexity index is 797. The summed E-state index contributed by atoms with van der Waals surface area (Å²) in [5.41, 5.74) is 7.64. The van der Waals surface area contributed by atoms with Crippen molar-refractivity contribution in [1.29, 1.82) is 0 Å².